The Kier molecular flexibility index (Phi) is 49.4. The molecule has 0 saturated carbocycles. The maximum Gasteiger partial charge on any atom is 0.421 e. The Balaban J connectivity index is 0.000000263. The third-order valence-electron chi connectivity index (χ3n) is 18.7. The minimum absolute atomic E-state index is 0.00604. The number of benzene rings is 4. The number of nitrogens with two attached hydrogens (primary N) is 2. The van der Waals surface area contributed by atoms with Crippen molar-refractivity contribution in [1.29, 1.82) is 0 Å². The number of aromatic nitrogens is 6. The largest absolute Gasteiger partial charge is 0.504 e. The number of rotatable bonds is 26. The van der Waals surface area contributed by atoms with E-state index >= 15 is 0 Å². The topological polar surface area (TPSA) is 450 Å². The lowest BCUT2D eigenvalue weighted by atomic mass is 10.1. The van der Waals surface area contributed by atoms with Gasteiger partial charge in [0.2, 0.25) is 5.75 Å². The van der Waals surface area contributed by atoms with E-state index in [0.717, 1.165) is 134 Å². The average Bonchev–Trinajstić information content (AvgIpc) is 1.65. The van der Waals surface area contributed by atoms with Crippen LogP contribution in [0.3, 0.4) is 0 Å². The van der Waals surface area contributed by atoms with Crippen molar-refractivity contribution in [3.8, 4) is 11.5 Å². The second kappa shape index (κ2) is 59.0. The molecule has 36 heteroatoms. The zero-order chi connectivity index (χ0) is 91.4. The molecule has 680 valence electrons. The number of nitrogens with zero attached hydrogens (tertiary/aromatic N) is 11. The van der Waals surface area contributed by atoms with Gasteiger partial charge in [0.25, 0.3) is 0 Å². The molecule has 3 aliphatic heterocycles. The molecule has 3 fully saturated rings. The standard InChI is InChI=1S/C24H30N4O4.C17H26N2O3.C12H15ClO3.C7H6N2O2.C7H9NO.C6H6N2O3.C6H8N2O.C6H13N.C4H6Cl2O2/c1-18-7-8-21-23(25-18)28(24(30)32-21)17-20-6-3-5-19(15-20)16-22(29)31-14-4-9-27-12-10-26(2)11-13-27;1-18-7-9-19(10-8-18)6-3-11-22-17(21)13-15-4-2-5-16(12-15)14-20;13-5-2-6-16-12(15)8-10-3-1-4-11(7-10)9-14;1-4-2-3-5-6(8-4)9-7(10)11-5;8-7-3-1-2-6(4-7)5-9;1-4-2-3-5(9)6(7-4)8(10)11;1-4-2-3-5(9)6(7)8-4;1-7-5-3-2-4-6-7;5-2-1-3-8-4(6)7/h3,5-8,15H,4,9-14,16-17H2,1-2H3;2,4-5,12,20H,3,6-11,13-14H2,1H3;1,3-4,7,14H,2,5-6,8-9H2;2-3H,1H3,(H,8,9,10);1-4,9H,5,8H2;2-3,9H,1H3;2-3,9H,1H3,(H2,7,8);2-6H2,1H3;1-3H2. The highest BCUT2D eigenvalue weighted by Crippen LogP contribution is 2.23. The van der Waals surface area contributed by atoms with Gasteiger partial charge in [0.05, 0.1) is 72.1 Å². The summed E-state index contributed by atoms with van der Waals surface area (Å²) in [6, 6.07) is 42.5. The molecular weight excluding hydrogens is 1680 g/mol. The number of likely N-dealkylation sites (tertiary alicyclic amines) is 1. The molecule has 0 radical (unpaired) electrons. The number of likely N-dealkylation sites (N-methyl/N-ethyl adjacent to an activating group) is 2. The number of aryl methyl sites for hydroxylation is 4. The number of carbonyl (C=O) groups is 4. The van der Waals surface area contributed by atoms with Crippen LogP contribution in [0.2, 0.25) is 0 Å². The van der Waals surface area contributed by atoms with Gasteiger partial charge < -0.3 is 99.4 Å². The van der Waals surface area contributed by atoms with E-state index in [9.17, 15) is 38.9 Å². The Morgan fingerprint density at radius 2 is 0.896 bits per heavy atom. The number of aromatic hydroxyl groups is 2. The van der Waals surface area contributed by atoms with Crippen LogP contribution in [0, 0.1) is 37.8 Å². The van der Waals surface area contributed by atoms with Crippen molar-refractivity contribution < 1.29 is 77.4 Å². The van der Waals surface area contributed by atoms with Crippen molar-refractivity contribution in [2.24, 2.45) is 0 Å². The summed E-state index contributed by atoms with van der Waals surface area (Å²) in [7, 11) is 6.48. The fourth-order valence-electron chi connectivity index (χ4n) is 12.0. The van der Waals surface area contributed by atoms with Crippen LogP contribution in [-0.2, 0) is 79.0 Å². The molecule has 125 heavy (non-hydrogen) atoms. The Bertz CT molecular complexity index is 4990. The first kappa shape index (κ1) is 105. The number of piperidine rings is 1. The number of pyridine rings is 4. The van der Waals surface area contributed by atoms with Crippen LogP contribution >= 0.6 is 34.8 Å². The van der Waals surface area contributed by atoms with E-state index in [2.05, 4.69) is 75.3 Å². The number of piperazine rings is 2. The van der Waals surface area contributed by atoms with E-state index in [1.807, 2.05) is 106 Å². The zero-order valence-corrected chi connectivity index (χ0v) is 74.4. The van der Waals surface area contributed by atoms with Gasteiger partial charge >= 0.3 is 40.7 Å². The third-order valence-corrected chi connectivity index (χ3v) is 19.4. The lowest BCUT2D eigenvalue weighted by molar-refractivity contribution is -0.390. The molecule has 9 heterocycles. The molecule has 10 N–H and O–H groups in total. The predicted molar refractivity (Wildman–Crippen MR) is 482 cm³/mol. The molecule has 0 atom stereocenters. The number of nitrogen functional groups attached to an aromatic ring is 2. The third kappa shape index (κ3) is 43.5. The number of hydrogen-bond acceptors (Lipinski definition) is 30. The number of esters is 3. The van der Waals surface area contributed by atoms with Crippen molar-refractivity contribution in [3.05, 3.63) is 239 Å². The van der Waals surface area contributed by atoms with E-state index in [1.165, 1.54) is 55.1 Å². The number of oxazole rings is 2. The van der Waals surface area contributed by atoms with Gasteiger partial charge in [-0.2, -0.15) is 0 Å². The minimum atomic E-state index is -0.768. The minimum Gasteiger partial charge on any atom is -0.504 e. The zero-order valence-electron chi connectivity index (χ0n) is 72.1. The van der Waals surface area contributed by atoms with Gasteiger partial charge in [0.15, 0.2) is 34.0 Å². The number of halogens is 3. The van der Waals surface area contributed by atoms with Gasteiger partial charge in [-0.05, 0) is 203 Å². The van der Waals surface area contributed by atoms with Gasteiger partial charge in [-0.15, -0.1) is 23.2 Å². The summed E-state index contributed by atoms with van der Waals surface area (Å²) < 4.78 is 31.6. The number of hydrogen-bond donors (Lipinski definition) is 8. The molecule has 0 aliphatic carbocycles. The van der Waals surface area contributed by atoms with Gasteiger partial charge in [0, 0.05) is 119 Å². The fraction of sp³-hybridized carbons (Fsp3) is 0.438. The first-order valence-corrected chi connectivity index (χ1v) is 42.4. The number of alkyl halides is 2. The molecule has 0 spiro atoms. The van der Waals surface area contributed by atoms with Gasteiger partial charge in [-0.25, -0.2) is 29.3 Å². The van der Waals surface area contributed by atoms with Crippen molar-refractivity contribution in [1.82, 2.24) is 54.0 Å². The summed E-state index contributed by atoms with van der Waals surface area (Å²) in [5.41, 5.74) is 21.6. The highest BCUT2D eigenvalue weighted by atomic mass is 35.5. The van der Waals surface area contributed by atoms with E-state index in [1.54, 1.807) is 49.4 Å². The summed E-state index contributed by atoms with van der Waals surface area (Å²) in [5, 5.41) is 54.5. The molecule has 0 bridgehead atoms. The van der Waals surface area contributed by atoms with Crippen LogP contribution in [0.15, 0.2) is 164 Å². The summed E-state index contributed by atoms with van der Waals surface area (Å²) in [6.07, 6.45) is 8.03. The summed E-state index contributed by atoms with van der Waals surface area (Å²) in [5.74, 6) is -1.28. The smallest absolute Gasteiger partial charge is 0.421 e. The number of nitrogens with one attached hydrogen (secondary N) is 1. The Morgan fingerprint density at radius 3 is 1.33 bits per heavy atom. The van der Waals surface area contributed by atoms with Crippen LogP contribution in [0.5, 0.6) is 11.5 Å². The quantitative estimate of drug-likeness (QED) is 0.00365. The van der Waals surface area contributed by atoms with Crippen LogP contribution in [0.25, 0.3) is 22.5 Å². The van der Waals surface area contributed by atoms with E-state index in [4.69, 9.17) is 94.8 Å². The number of aliphatic hydroxyl groups is 3. The first-order chi connectivity index (χ1) is 60.0. The molecule has 13 rings (SSSR count). The number of aliphatic hydroxyl groups excluding tert-OH is 3. The predicted octanol–water partition coefficient (Wildman–Crippen LogP) is 11.2. The number of carbonyl (C=O) groups excluding carboxylic acids is 4. The molecule has 0 unspecified atom stereocenters. The van der Waals surface area contributed by atoms with Gasteiger partial charge in [-0.1, -0.05) is 91.3 Å². The number of fused-ring (bicyclic) bond motifs is 2. The van der Waals surface area contributed by atoms with Crippen LogP contribution in [0.1, 0.15) is 107 Å². The van der Waals surface area contributed by atoms with Crippen LogP contribution in [-0.4, -0.2) is 246 Å². The molecule has 3 saturated heterocycles. The number of H-pyrrole nitrogens is 1. The van der Waals surface area contributed by atoms with E-state index < -0.39 is 33.4 Å². The molecule has 33 nitrogen and oxygen atoms in total. The lowest BCUT2D eigenvalue weighted by Crippen LogP contribution is -2.44. The Hall–Kier alpha value is -11.0. The molecule has 4 aromatic carbocycles. The fourth-order valence-corrected chi connectivity index (χ4v) is 12.3. The average molecular weight is 1800 g/mol. The molecule has 10 aromatic rings. The number of nitro groups is 1. The summed E-state index contributed by atoms with van der Waals surface area (Å²) in [6.45, 7) is 22.4. The van der Waals surface area contributed by atoms with Gasteiger partial charge in [-0.3, -0.25) is 23.9 Å². The Morgan fingerprint density at radius 1 is 0.488 bits per heavy atom. The van der Waals surface area contributed by atoms with Crippen LogP contribution < -0.4 is 23.0 Å². The van der Waals surface area contributed by atoms with Crippen molar-refractivity contribution in [2.75, 3.05) is 149 Å². The Labute approximate surface area is 742 Å². The molecule has 6 aromatic heterocycles. The normalized spacial score (nSPS) is 13.3. The SMILES string of the molecule is CN1CCCCC1.CN1CCN(CCCOC(=O)Cc2cccc(CO)c2)CC1.Cc1ccc(O)c(N)n1.Cc1ccc(O)c([N+](=O)[O-])n1.Cc1ccc2oc(=O)[nH]c2n1.Cc1ccc2oc(=O)n(Cc3cccc(CC(=O)OCCCN4CCN(C)CC4)c3)c2n1.Nc1cccc(CO)c1.O=C(Cc1cccc(CO)c1)OCCCCl.O=C(Cl)OCCCCl. The second-order valence-corrected chi connectivity index (χ2v) is 30.4. The second-order valence-electron chi connectivity index (χ2n) is 29.4. The van der Waals surface area contributed by atoms with Crippen molar-refractivity contribution >= 4 is 97.9 Å². The van der Waals surface area contributed by atoms with E-state index in [-0.39, 0.29) is 68.6 Å². The lowest BCUT2D eigenvalue weighted by Gasteiger charge is -2.32. The van der Waals surface area contributed by atoms with Gasteiger partial charge in [0.1, 0.15) is 5.69 Å². The summed E-state index contributed by atoms with van der Waals surface area (Å²) in [4.78, 5) is 108. The maximum atomic E-state index is 12.3. The van der Waals surface area contributed by atoms with Crippen molar-refractivity contribution in [2.45, 2.75) is 118 Å². The first-order valence-electron chi connectivity index (χ1n) is 41.0. The summed E-state index contributed by atoms with van der Waals surface area (Å²) >= 11 is 15.5. The molecule has 0 amide bonds. The molecule has 3 aliphatic rings. The maximum absolute atomic E-state index is 12.3. The van der Waals surface area contributed by atoms with E-state index in [0.29, 0.717) is 91.4 Å². The highest BCUT2D eigenvalue weighted by molar-refractivity contribution is 6.61. The number of ether oxygens (including phenoxy) is 4. The number of aromatic amines is 1. The monoisotopic (exact) mass is 1790 g/mol. The van der Waals surface area contributed by atoms with Crippen molar-refractivity contribution in [3.63, 3.8) is 0 Å². The highest BCUT2D eigenvalue weighted by Gasteiger charge is 2.19. The molecular formula is C89H119Cl3N14O19. The van der Waals surface area contributed by atoms with Crippen LogP contribution in [0.4, 0.5) is 22.1 Å². The number of anilines is 2.